The predicted octanol–water partition coefficient (Wildman–Crippen LogP) is 5.68. The molecule has 34 heavy (non-hydrogen) atoms. The molecule has 1 N–H and O–H groups in total. The van der Waals surface area contributed by atoms with Crippen LogP contribution in [0.3, 0.4) is 0 Å². The molecular weight excluding hydrogens is 428 g/mol. The number of H-pyrrole nitrogens is 1. The number of nitrogens with one attached hydrogen (secondary N) is 1. The van der Waals surface area contributed by atoms with E-state index in [1.54, 1.807) is 23.5 Å². The van der Waals surface area contributed by atoms with Crippen LogP contribution < -0.4 is 4.74 Å². The van der Waals surface area contributed by atoms with Crippen LogP contribution in [0.1, 0.15) is 27.2 Å². The highest BCUT2D eigenvalue weighted by Gasteiger charge is 2.31. The second-order valence-corrected chi connectivity index (χ2v) is 9.47. The Hall–Kier alpha value is -3.87. The predicted molar refractivity (Wildman–Crippen MR) is 132 cm³/mol. The fourth-order valence-corrected chi connectivity index (χ4v) is 4.29. The summed E-state index contributed by atoms with van der Waals surface area (Å²) in [4.78, 5) is 26.7. The van der Waals surface area contributed by atoms with Crippen molar-refractivity contribution in [2.24, 2.45) is 0 Å². The van der Waals surface area contributed by atoms with Crippen molar-refractivity contribution in [3.63, 3.8) is 0 Å². The second kappa shape index (κ2) is 8.82. The van der Waals surface area contributed by atoms with Gasteiger partial charge >= 0.3 is 6.09 Å². The molecule has 1 unspecified atom stereocenters. The van der Waals surface area contributed by atoms with Crippen LogP contribution in [0.5, 0.6) is 5.75 Å². The largest absolute Gasteiger partial charge is 0.486 e. The number of carbonyl (C=O) groups is 1. The molecule has 1 aliphatic rings. The Morgan fingerprint density at radius 1 is 1.09 bits per heavy atom. The number of nitrogens with zero attached hydrogens (tertiary/aromatic N) is 3. The number of amides is 1. The van der Waals surface area contributed by atoms with Gasteiger partial charge in [0, 0.05) is 36.5 Å². The third kappa shape index (κ3) is 4.46. The van der Waals surface area contributed by atoms with Crippen LogP contribution in [0, 0.1) is 0 Å². The van der Waals surface area contributed by atoms with Crippen LogP contribution in [0.25, 0.3) is 33.4 Å². The van der Waals surface area contributed by atoms with Gasteiger partial charge in [-0.1, -0.05) is 30.3 Å². The first kappa shape index (κ1) is 21.9. The molecule has 1 saturated heterocycles. The van der Waals surface area contributed by atoms with Crippen LogP contribution in [-0.2, 0) is 4.74 Å². The molecule has 1 fully saturated rings. The number of fused-ring (bicyclic) bond motifs is 1. The summed E-state index contributed by atoms with van der Waals surface area (Å²) in [6.07, 6.45) is 5.58. The molecule has 5 rings (SSSR count). The monoisotopic (exact) mass is 456 g/mol. The summed E-state index contributed by atoms with van der Waals surface area (Å²) in [5.41, 5.74) is 5.27. The zero-order valence-electron chi connectivity index (χ0n) is 19.6. The number of likely N-dealkylation sites (tertiary alicyclic amines) is 1. The van der Waals surface area contributed by atoms with E-state index in [0.717, 1.165) is 39.8 Å². The zero-order valence-corrected chi connectivity index (χ0v) is 19.6. The second-order valence-electron chi connectivity index (χ2n) is 9.47. The maximum absolute atomic E-state index is 12.5. The number of hydrogen-bond donors (Lipinski definition) is 1. The standard InChI is InChI=1S/C27H28N4O3/c1-27(2,3)34-26(32)31-15-12-19(17-31)33-22-16-28-14-11-20(22)24-23(18-8-5-4-6-9-18)25-21(30-24)10-7-13-29-25/h4-11,13-14,16,19,30H,12,15,17H2,1-3H3. The molecule has 1 amide bonds. The van der Waals surface area contributed by atoms with Gasteiger partial charge in [0.2, 0.25) is 0 Å². The summed E-state index contributed by atoms with van der Waals surface area (Å²) in [6.45, 7) is 6.69. The van der Waals surface area contributed by atoms with E-state index >= 15 is 0 Å². The molecule has 4 heterocycles. The van der Waals surface area contributed by atoms with E-state index in [1.807, 2.05) is 57.2 Å². The molecule has 7 nitrogen and oxygen atoms in total. The van der Waals surface area contributed by atoms with Crippen LogP contribution >= 0.6 is 0 Å². The lowest BCUT2D eigenvalue weighted by molar-refractivity contribution is 0.0276. The number of rotatable bonds is 4. The maximum Gasteiger partial charge on any atom is 0.410 e. The molecule has 174 valence electrons. The number of aromatic amines is 1. The van der Waals surface area contributed by atoms with Gasteiger partial charge in [-0.25, -0.2) is 4.79 Å². The SMILES string of the molecule is CC(C)(C)OC(=O)N1CCC(Oc2cnccc2-c2[nH]c3cccnc3c2-c2ccccc2)C1. The Balaban J connectivity index is 1.47. The van der Waals surface area contributed by atoms with E-state index in [1.165, 1.54) is 0 Å². The lowest BCUT2D eigenvalue weighted by Crippen LogP contribution is -2.36. The molecule has 0 radical (unpaired) electrons. The highest BCUT2D eigenvalue weighted by Crippen LogP contribution is 2.41. The summed E-state index contributed by atoms with van der Waals surface area (Å²) in [5, 5.41) is 0. The quantitative estimate of drug-likeness (QED) is 0.427. The van der Waals surface area contributed by atoms with Gasteiger partial charge in [0.25, 0.3) is 0 Å². The molecule has 0 spiro atoms. The number of hydrogen-bond acceptors (Lipinski definition) is 5. The Kier molecular flexibility index (Phi) is 5.69. The van der Waals surface area contributed by atoms with Crippen molar-refractivity contribution in [2.75, 3.05) is 13.1 Å². The molecule has 1 aliphatic heterocycles. The average molecular weight is 457 g/mol. The first-order chi connectivity index (χ1) is 16.4. The maximum atomic E-state index is 12.5. The normalized spacial score (nSPS) is 16.1. The molecule has 7 heteroatoms. The van der Waals surface area contributed by atoms with Gasteiger partial charge < -0.3 is 19.4 Å². The van der Waals surface area contributed by atoms with E-state index in [9.17, 15) is 4.79 Å². The summed E-state index contributed by atoms with van der Waals surface area (Å²) in [5.74, 6) is 0.669. The van der Waals surface area contributed by atoms with Crippen molar-refractivity contribution in [3.8, 4) is 28.1 Å². The minimum Gasteiger partial charge on any atom is -0.486 e. The van der Waals surface area contributed by atoms with Gasteiger partial charge in [-0.3, -0.25) is 9.97 Å². The van der Waals surface area contributed by atoms with E-state index in [0.29, 0.717) is 18.8 Å². The van der Waals surface area contributed by atoms with E-state index in [4.69, 9.17) is 9.47 Å². The fourth-order valence-electron chi connectivity index (χ4n) is 4.29. The molecule has 4 aromatic rings. The fraction of sp³-hybridized carbons (Fsp3) is 0.296. The smallest absolute Gasteiger partial charge is 0.410 e. The highest BCUT2D eigenvalue weighted by atomic mass is 16.6. The third-order valence-corrected chi connectivity index (χ3v) is 5.76. The minimum atomic E-state index is -0.524. The number of pyridine rings is 2. The van der Waals surface area contributed by atoms with Gasteiger partial charge in [0.05, 0.1) is 29.5 Å². The van der Waals surface area contributed by atoms with Crippen molar-refractivity contribution in [2.45, 2.75) is 38.9 Å². The summed E-state index contributed by atoms with van der Waals surface area (Å²) < 4.78 is 11.9. The van der Waals surface area contributed by atoms with Gasteiger partial charge in [-0.2, -0.15) is 0 Å². The van der Waals surface area contributed by atoms with E-state index in [2.05, 4.69) is 27.1 Å². The molecular formula is C27H28N4O3. The molecule has 1 atom stereocenters. The van der Waals surface area contributed by atoms with Gasteiger partial charge in [0.1, 0.15) is 17.5 Å². The number of carbonyl (C=O) groups excluding carboxylic acids is 1. The summed E-state index contributed by atoms with van der Waals surface area (Å²) >= 11 is 0. The lowest BCUT2D eigenvalue weighted by Gasteiger charge is -2.24. The first-order valence-electron chi connectivity index (χ1n) is 11.5. The number of aromatic nitrogens is 3. The Labute approximate surface area is 198 Å². The van der Waals surface area contributed by atoms with Crippen LogP contribution in [0.4, 0.5) is 4.79 Å². The van der Waals surface area contributed by atoms with E-state index in [-0.39, 0.29) is 12.2 Å². The van der Waals surface area contributed by atoms with Crippen molar-refractivity contribution < 1.29 is 14.3 Å². The highest BCUT2D eigenvalue weighted by molar-refractivity contribution is 6.02. The number of ether oxygens (including phenoxy) is 2. The minimum absolute atomic E-state index is 0.141. The molecule has 3 aromatic heterocycles. The van der Waals surface area contributed by atoms with Crippen molar-refractivity contribution in [1.82, 2.24) is 19.9 Å². The van der Waals surface area contributed by atoms with Crippen LogP contribution in [0.15, 0.2) is 67.1 Å². The van der Waals surface area contributed by atoms with Gasteiger partial charge in [-0.05, 0) is 44.5 Å². The molecule has 0 saturated carbocycles. The molecule has 1 aromatic carbocycles. The van der Waals surface area contributed by atoms with Crippen LogP contribution in [-0.4, -0.2) is 50.7 Å². The molecule has 0 bridgehead atoms. The molecule has 0 aliphatic carbocycles. The number of benzene rings is 1. The third-order valence-electron chi connectivity index (χ3n) is 5.76. The topological polar surface area (TPSA) is 80.3 Å². The zero-order chi connectivity index (χ0) is 23.7. The average Bonchev–Trinajstić information content (AvgIpc) is 3.44. The van der Waals surface area contributed by atoms with Crippen LogP contribution in [0.2, 0.25) is 0 Å². The Morgan fingerprint density at radius 3 is 2.71 bits per heavy atom. The van der Waals surface area contributed by atoms with Crippen molar-refractivity contribution in [3.05, 3.63) is 67.1 Å². The van der Waals surface area contributed by atoms with E-state index < -0.39 is 5.60 Å². The lowest BCUT2D eigenvalue weighted by atomic mass is 10.0. The summed E-state index contributed by atoms with van der Waals surface area (Å²) in [6, 6.07) is 16.1. The first-order valence-corrected chi connectivity index (χ1v) is 11.5. The Bertz CT molecular complexity index is 1310. The van der Waals surface area contributed by atoms with Crippen molar-refractivity contribution >= 4 is 17.1 Å². The van der Waals surface area contributed by atoms with Gasteiger partial charge in [0.15, 0.2) is 0 Å². The van der Waals surface area contributed by atoms with Gasteiger partial charge in [-0.15, -0.1) is 0 Å². The van der Waals surface area contributed by atoms with Crippen molar-refractivity contribution in [1.29, 1.82) is 0 Å². The summed E-state index contributed by atoms with van der Waals surface area (Å²) in [7, 11) is 0. The Morgan fingerprint density at radius 2 is 1.91 bits per heavy atom.